The normalized spacial score (nSPS) is 21.8. The highest BCUT2D eigenvalue weighted by Gasteiger charge is 2.25. The van der Waals surface area contributed by atoms with Gasteiger partial charge in [-0.15, -0.1) is 0 Å². The molecule has 1 atom stereocenters. The monoisotopic (exact) mass is 241 g/mol. The van der Waals surface area contributed by atoms with Crippen molar-refractivity contribution in [2.45, 2.75) is 6.42 Å². The van der Waals surface area contributed by atoms with E-state index in [-0.39, 0.29) is 11.6 Å². The smallest absolute Gasteiger partial charge is 0.344 e. The largest absolute Gasteiger partial charge is 0.387 e. The second-order valence-electron chi connectivity index (χ2n) is 4.15. The lowest BCUT2D eigenvalue weighted by atomic mass is 9.87. The molecule has 3 N–H and O–H groups in total. The molecule has 1 aliphatic heterocycles. The van der Waals surface area contributed by atoms with Gasteiger partial charge in [0.2, 0.25) is 0 Å². The van der Waals surface area contributed by atoms with Gasteiger partial charge in [-0.3, -0.25) is 0 Å². The Balaban J connectivity index is 1.97. The zero-order valence-corrected chi connectivity index (χ0v) is 9.50. The molecule has 3 rings (SSSR count). The van der Waals surface area contributed by atoms with Crippen molar-refractivity contribution in [3.05, 3.63) is 46.3 Å². The van der Waals surface area contributed by atoms with Gasteiger partial charge in [-0.1, -0.05) is 6.08 Å². The van der Waals surface area contributed by atoms with Crippen molar-refractivity contribution >= 4 is 17.7 Å². The summed E-state index contributed by atoms with van der Waals surface area (Å²) < 4.78 is 0. The standard InChI is InChI=1S/C12H11N5O/c13-11-9-3-7(1-2-10(9)16-6-17-11)8-4-14-12(18)15-5-8/h1-2,4-6,9H,3H2,(H2,13,16,17)(H,14,15,18). The molecule has 0 fully saturated rings. The first-order chi connectivity index (χ1) is 8.74. The van der Waals surface area contributed by atoms with E-state index in [2.05, 4.69) is 20.0 Å². The first kappa shape index (κ1) is 10.6. The van der Waals surface area contributed by atoms with E-state index in [0.29, 0.717) is 12.3 Å². The number of fused-ring (bicyclic) bond motifs is 1. The predicted molar refractivity (Wildman–Crippen MR) is 69.1 cm³/mol. The highest BCUT2D eigenvalue weighted by atomic mass is 16.1. The number of nitrogens with two attached hydrogens (primary N) is 1. The van der Waals surface area contributed by atoms with Crippen molar-refractivity contribution < 1.29 is 0 Å². The number of aromatic nitrogens is 2. The van der Waals surface area contributed by atoms with Crippen LogP contribution >= 0.6 is 0 Å². The minimum absolute atomic E-state index is 0.0157. The molecule has 1 aromatic heterocycles. The summed E-state index contributed by atoms with van der Waals surface area (Å²) in [4.78, 5) is 25.4. The van der Waals surface area contributed by atoms with Crippen LogP contribution in [-0.4, -0.2) is 22.1 Å². The molecular weight excluding hydrogens is 230 g/mol. The number of allylic oxidation sites excluding steroid dienone is 3. The average Bonchev–Trinajstić information content (AvgIpc) is 2.40. The van der Waals surface area contributed by atoms with Gasteiger partial charge in [0.25, 0.3) is 0 Å². The van der Waals surface area contributed by atoms with Gasteiger partial charge in [-0.25, -0.2) is 19.8 Å². The maximum Gasteiger partial charge on any atom is 0.344 e. The summed E-state index contributed by atoms with van der Waals surface area (Å²) in [5.41, 5.74) is 8.38. The number of nitrogens with one attached hydrogen (secondary N) is 1. The van der Waals surface area contributed by atoms with Crippen LogP contribution in [0.15, 0.2) is 45.0 Å². The average molecular weight is 241 g/mol. The van der Waals surface area contributed by atoms with Gasteiger partial charge in [0.15, 0.2) is 0 Å². The molecule has 1 unspecified atom stereocenters. The van der Waals surface area contributed by atoms with Gasteiger partial charge in [-0.05, 0) is 18.1 Å². The van der Waals surface area contributed by atoms with E-state index >= 15 is 0 Å². The van der Waals surface area contributed by atoms with Gasteiger partial charge in [0.1, 0.15) is 12.2 Å². The van der Waals surface area contributed by atoms with E-state index in [1.54, 1.807) is 12.4 Å². The van der Waals surface area contributed by atoms with Crippen molar-refractivity contribution in [2.75, 3.05) is 0 Å². The third-order valence-electron chi connectivity index (χ3n) is 3.05. The minimum Gasteiger partial charge on any atom is -0.387 e. The second-order valence-corrected chi connectivity index (χ2v) is 4.15. The van der Waals surface area contributed by atoms with Crippen molar-refractivity contribution in [1.29, 1.82) is 0 Å². The first-order valence-electron chi connectivity index (χ1n) is 5.55. The number of hydrogen-bond acceptors (Lipinski definition) is 5. The number of hydrogen-bond donors (Lipinski definition) is 2. The summed E-state index contributed by atoms with van der Waals surface area (Å²) in [6.07, 6.45) is 9.29. The van der Waals surface area contributed by atoms with Gasteiger partial charge in [-0.2, -0.15) is 0 Å². The van der Waals surface area contributed by atoms with Crippen LogP contribution in [0.25, 0.3) is 5.57 Å². The fraction of sp³-hybridized carbons (Fsp3) is 0.167. The van der Waals surface area contributed by atoms with Crippen LogP contribution in [0, 0.1) is 5.92 Å². The Morgan fingerprint density at radius 2 is 2.28 bits per heavy atom. The van der Waals surface area contributed by atoms with Crippen molar-refractivity contribution in [3.63, 3.8) is 0 Å². The fourth-order valence-corrected chi connectivity index (χ4v) is 2.07. The van der Waals surface area contributed by atoms with Crippen LogP contribution in [0.2, 0.25) is 0 Å². The summed E-state index contributed by atoms with van der Waals surface area (Å²) in [6.45, 7) is 0. The van der Waals surface area contributed by atoms with Gasteiger partial charge < -0.3 is 10.7 Å². The molecular formula is C12H11N5O. The first-order valence-corrected chi connectivity index (χ1v) is 5.55. The number of H-pyrrole nitrogens is 1. The maximum absolute atomic E-state index is 10.9. The van der Waals surface area contributed by atoms with Crippen molar-refractivity contribution in [2.24, 2.45) is 21.6 Å². The van der Waals surface area contributed by atoms with E-state index in [1.807, 2.05) is 12.2 Å². The van der Waals surface area contributed by atoms with Crippen molar-refractivity contribution in [1.82, 2.24) is 9.97 Å². The van der Waals surface area contributed by atoms with Gasteiger partial charge in [0.05, 0.1) is 11.6 Å². The second kappa shape index (κ2) is 4.06. The summed E-state index contributed by atoms with van der Waals surface area (Å²) in [5.74, 6) is 0.584. The minimum atomic E-state index is -0.352. The Labute approximate surface area is 103 Å². The lowest BCUT2D eigenvalue weighted by Gasteiger charge is -2.23. The molecule has 0 amide bonds. The molecule has 0 radical (unpaired) electrons. The summed E-state index contributed by atoms with van der Waals surface area (Å²) >= 11 is 0. The molecule has 0 saturated heterocycles. The lowest BCUT2D eigenvalue weighted by Crippen LogP contribution is -2.28. The Kier molecular flexibility index (Phi) is 2.40. The number of amidine groups is 1. The number of aromatic amines is 1. The molecule has 0 spiro atoms. The SMILES string of the molecule is NC1=NC=NC2=CC=C(c3cnc(=O)[nH]c3)CC21. The molecule has 6 heteroatoms. The Morgan fingerprint density at radius 1 is 1.39 bits per heavy atom. The van der Waals surface area contributed by atoms with E-state index in [1.165, 1.54) is 6.34 Å². The molecule has 90 valence electrons. The number of rotatable bonds is 1. The molecule has 1 aromatic rings. The molecule has 0 bridgehead atoms. The molecule has 1 aliphatic carbocycles. The molecule has 0 saturated carbocycles. The van der Waals surface area contributed by atoms with Crippen LogP contribution in [0.4, 0.5) is 0 Å². The van der Waals surface area contributed by atoms with Gasteiger partial charge in [0, 0.05) is 18.0 Å². The predicted octanol–water partition coefficient (Wildman–Crippen LogP) is 0.456. The van der Waals surface area contributed by atoms with E-state index in [0.717, 1.165) is 16.8 Å². The van der Waals surface area contributed by atoms with E-state index in [9.17, 15) is 4.79 Å². The van der Waals surface area contributed by atoms with Gasteiger partial charge >= 0.3 is 5.69 Å². The summed E-state index contributed by atoms with van der Waals surface area (Å²) in [5, 5.41) is 0. The van der Waals surface area contributed by atoms with E-state index in [4.69, 9.17) is 5.73 Å². The summed E-state index contributed by atoms with van der Waals surface area (Å²) in [6, 6.07) is 0. The lowest BCUT2D eigenvalue weighted by molar-refractivity contribution is 0.793. The third kappa shape index (κ3) is 1.77. The van der Waals surface area contributed by atoms with Crippen LogP contribution < -0.4 is 11.4 Å². The highest BCUT2D eigenvalue weighted by Crippen LogP contribution is 2.32. The topological polar surface area (TPSA) is 96.5 Å². The van der Waals surface area contributed by atoms with Crippen LogP contribution in [-0.2, 0) is 0 Å². The quantitative estimate of drug-likeness (QED) is 0.747. The maximum atomic E-state index is 10.9. The van der Waals surface area contributed by atoms with Crippen molar-refractivity contribution in [3.8, 4) is 0 Å². The van der Waals surface area contributed by atoms with Crippen LogP contribution in [0.3, 0.4) is 0 Å². The summed E-state index contributed by atoms with van der Waals surface area (Å²) in [7, 11) is 0. The Bertz CT molecular complexity index is 645. The number of aliphatic imine (C=N–C) groups is 2. The Hall–Kier alpha value is -2.50. The Morgan fingerprint density at radius 3 is 3.06 bits per heavy atom. The van der Waals surface area contributed by atoms with Crippen LogP contribution in [0.1, 0.15) is 12.0 Å². The molecule has 2 aliphatic rings. The van der Waals surface area contributed by atoms with E-state index < -0.39 is 0 Å². The zero-order chi connectivity index (χ0) is 12.5. The molecule has 6 nitrogen and oxygen atoms in total. The molecule has 18 heavy (non-hydrogen) atoms. The molecule has 2 heterocycles. The number of nitrogens with zero attached hydrogens (tertiary/aromatic N) is 3. The highest BCUT2D eigenvalue weighted by molar-refractivity contribution is 5.95. The fourth-order valence-electron chi connectivity index (χ4n) is 2.07. The third-order valence-corrected chi connectivity index (χ3v) is 3.05. The zero-order valence-electron chi connectivity index (χ0n) is 9.50. The van der Waals surface area contributed by atoms with Crippen LogP contribution in [0.5, 0.6) is 0 Å². The molecule has 0 aromatic carbocycles.